The maximum atomic E-state index is 5.88. The van der Waals surface area contributed by atoms with Crippen molar-refractivity contribution in [3.05, 3.63) is 29.1 Å². The van der Waals surface area contributed by atoms with Crippen LogP contribution in [0.15, 0.2) is 22.6 Å². The Morgan fingerprint density at radius 2 is 2.31 bits per heavy atom. The molecular weight excluding hydrogens is 224 g/mol. The van der Waals surface area contributed by atoms with Crippen molar-refractivity contribution in [3.8, 4) is 0 Å². The van der Waals surface area contributed by atoms with Gasteiger partial charge in [-0.15, -0.1) is 0 Å². The lowest BCUT2D eigenvalue weighted by Gasteiger charge is -2.01. The minimum absolute atomic E-state index is 0.235. The van der Waals surface area contributed by atoms with Gasteiger partial charge in [-0.25, -0.2) is 4.98 Å². The summed E-state index contributed by atoms with van der Waals surface area (Å²) in [5.74, 6) is 0.762. The second-order valence-corrected chi connectivity index (χ2v) is 4.53. The second-order valence-electron chi connectivity index (χ2n) is 4.09. The van der Waals surface area contributed by atoms with Crippen molar-refractivity contribution in [3.63, 3.8) is 0 Å². The summed E-state index contributed by atoms with van der Waals surface area (Å²) < 4.78 is 5.59. The molecule has 0 aliphatic heterocycles. The molecule has 2 aromatic rings. The molecule has 0 fully saturated rings. The number of hydrogen-bond donors (Lipinski definition) is 1. The minimum Gasteiger partial charge on any atom is -0.441 e. The molecule has 1 heterocycles. The number of halogens is 1. The molecule has 16 heavy (non-hydrogen) atoms. The first kappa shape index (κ1) is 11.4. The fourth-order valence-corrected chi connectivity index (χ4v) is 1.80. The summed E-state index contributed by atoms with van der Waals surface area (Å²) in [6.45, 7) is 2.01. The predicted molar refractivity (Wildman–Crippen MR) is 65.6 cm³/mol. The standard InChI is InChI=1S/C12H15ClN2O/c1-8(14)3-2-4-12-15-10-7-9(13)5-6-11(10)16-12/h5-8H,2-4,14H2,1H3. The molecule has 0 spiro atoms. The lowest BCUT2D eigenvalue weighted by Crippen LogP contribution is -2.14. The van der Waals surface area contributed by atoms with Crippen LogP contribution in [0, 0.1) is 0 Å². The summed E-state index contributed by atoms with van der Waals surface area (Å²) in [4.78, 5) is 4.38. The predicted octanol–water partition coefficient (Wildman–Crippen LogP) is 3.15. The van der Waals surface area contributed by atoms with E-state index in [1.165, 1.54) is 0 Å². The van der Waals surface area contributed by atoms with Gasteiger partial charge in [-0.1, -0.05) is 11.6 Å². The Morgan fingerprint density at radius 1 is 1.50 bits per heavy atom. The molecule has 1 atom stereocenters. The fourth-order valence-electron chi connectivity index (χ4n) is 1.63. The van der Waals surface area contributed by atoms with Crippen LogP contribution in [0.2, 0.25) is 5.02 Å². The average molecular weight is 239 g/mol. The topological polar surface area (TPSA) is 52.0 Å². The summed E-state index contributed by atoms with van der Waals surface area (Å²) in [5.41, 5.74) is 7.30. The first-order valence-corrected chi connectivity index (χ1v) is 5.83. The molecule has 4 heteroatoms. The van der Waals surface area contributed by atoms with Crippen molar-refractivity contribution >= 4 is 22.7 Å². The lowest BCUT2D eigenvalue weighted by atomic mass is 10.1. The van der Waals surface area contributed by atoms with E-state index in [4.69, 9.17) is 21.8 Å². The minimum atomic E-state index is 0.235. The molecule has 1 aromatic heterocycles. The molecule has 86 valence electrons. The number of aryl methyl sites for hydroxylation is 1. The first-order chi connectivity index (χ1) is 7.65. The van der Waals surface area contributed by atoms with E-state index in [2.05, 4.69) is 4.98 Å². The Kier molecular flexibility index (Phi) is 3.46. The van der Waals surface area contributed by atoms with E-state index in [-0.39, 0.29) is 6.04 Å². The van der Waals surface area contributed by atoms with E-state index >= 15 is 0 Å². The zero-order valence-electron chi connectivity index (χ0n) is 9.24. The average Bonchev–Trinajstić information content (AvgIpc) is 2.58. The third-order valence-corrected chi connectivity index (χ3v) is 2.68. The van der Waals surface area contributed by atoms with Crippen LogP contribution < -0.4 is 5.73 Å². The number of nitrogens with two attached hydrogens (primary N) is 1. The molecule has 1 aromatic carbocycles. The van der Waals surface area contributed by atoms with Gasteiger partial charge in [-0.2, -0.15) is 0 Å². The van der Waals surface area contributed by atoms with Gasteiger partial charge in [-0.05, 0) is 38.0 Å². The molecule has 0 amide bonds. The van der Waals surface area contributed by atoms with Crippen LogP contribution in [-0.4, -0.2) is 11.0 Å². The van der Waals surface area contributed by atoms with E-state index in [0.717, 1.165) is 36.3 Å². The first-order valence-electron chi connectivity index (χ1n) is 5.45. The zero-order chi connectivity index (χ0) is 11.5. The van der Waals surface area contributed by atoms with Crippen molar-refractivity contribution in [1.82, 2.24) is 4.98 Å². The Bertz CT molecular complexity index is 479. The molecule has 0 aliphatic rings. The molecule has 0 radical (unpaired) electrons. The molecule has 0 aliphatic carbocycles. The van der Waals surface area contributed by atoms with Crippen molar-refractivity contribution in [1.29, 1.82) is 0 Å². The van der Waals surface area contributed by atoms with Crippen LogP contribution in [0.4, 0.5) is 0 Å². The molecule has 0 saturated heterocycles. The van der Waals surface area contributed by atoms with Crippen LogP contribution in [0.1, 0.15) is 25.7 Å². The Balaban J connectivity index is 2.08. The molecule has 2 rings (SSSR count). The van der Waals surface area contributed by atoms with E-state index in [9.17, 15) is 0 Å². The number of aromatic nitrogens is 1. The largest absolute Gasteiger partial charge is 0.441 e. The maximum absolute atomic E-state index is 5.88. The SMILES string of the molecule is CC(N)CCCc1nc2cc(Cl)ccc2o1. The Morgan fingerprint density at radius 3 is 3.06 bits per heavy atom. The van der Waals surface area contributed by atoms with Crippen molar-refractivity contribution in [2.45, 2.75) is 32.2 Å². The highest BCUT2D eigenvalue weighted by Crippen LogP contribution is 2.20. The number of fused-ring (bicyclic) bond motifs is 1. The summed E-state index contributed by atoms with van der Waals surface area (Å²) >= 11 is 5.88. The smallest absolute Gasteiger partial charge is 0.195 e. The summed E-state index contributed by atoms with van der Waals surface area (Å²) in [5, 5.41) is 0.683. The van der Waals surface area contributed by atoms with Crippen LogP contribution >= 0.6 is 11.6 Å². The highest BCUT2D eigenvalue weighted by molar-refractivity contribution is 6.31. The number of benzene rings is 1. The third kappa shape index (κ3) is 2.74. The van der Waals surface area contributed by atoms with Gasteiger partial charge in [0.1, 0.15) is 5.52 Å². The summed E-state index contributed by atoms with van der Waals surface area (Å²) in [6.07, 6.45) is 2.81. The number of nitrogens with zero attached hydrogens (tertiary/aromatic N) is 1. The van der Waals surface area contributed by atoms with Gasteiger partial charge in [0, 0.05) is 17.5 Å². The molecular formula is C12H15ClN2O. The highest BCUT2D eigenvalue weighted by Gasteiger charge is 2.06. The van der Waals surface area contributed by atoms with Crippen molar-refractivity contribution in [2.75, 3.05) is 0 Å². The number of oxazole rings is 1. The number of hydrogen-bond acceptors (Lipinski definition) is 3. The van der Waals surface area contributed by atoms with E-state index in [0.29, 0.717) is 5.02 Å². The second kappa shape index (κ2) is 4.85. The van der Waals surface area contributed by atoms with Gasteiger partial charge >= 0.3 is 0 Å². The van der Waals surface area contributed by atoms with E-state index in [1.54, 1.807) is 6.07 Å². The number of rotatable bonds is 4. The van der Waals surface area contributed by atoms with Crippen molar-refractivity contribution < 1.29 is 4.42 Å². The molecule has 2 N–H and O–H groups in total. The van der Waals surface area contributed by atoms with Crippen molar-refractivity contribution in [2.24, 2.45) is 5.73 Å². The Labute approximate surface area is 99.6 Å². The van der Waals surface area contributed by atoms with E-state index < -0.39 is 0 Å². The van der Waals surface area contributed by atoms with Gasteiger partial charge in [0.05, 0.1) is 0 Å². The van der Waals surface area contributed by atoms with Gasteiger partial charge < -0.3 is 10.2 Å². The summed E-state index contributed by atoms with van der Waals surface area (Å²) in [6, 6.07) is 5.70. The van der Waals surface area contributed by atoms with Gasteiger partial charge in [-0.3, -0.25) is 0 Å². The van der Waals surface area contributed by atoms with Crippen LogP contribution in [0.3, 0.4) is 0 Å². The molecule has 3 nitrogen and oxygen atoms in total. The monoisotopic (exact) mass is 238 g/mol. The highest BCUT2D eigenvalue weighted by atomic mass is 35.5. The van der Waals surface area contributed by atoms with Crippen LogP contribution in [-0.2, 0) is 6.42 Å². The normalized spacial score (nSPS) is 13.2. The molecule has 0 saturated carbocycles. The third-order valence-electron chi connectivity index (χ3n) is 2.44. The Hall–Kier alpha value is -1.06. The van der Waals surface area contributed by atoms with Gasteiger partial charge in [0.25, 0.3) is 0 Å². The summed E-state index contributed by atoms with van der Waals surface area (Å²) in [7, 11) is 0. The lowest BCUT2D eigenvalue weighted by molar-refractivity contribution is 0.503. The maximum Gasteiger partial charge on any atom is 0.195 e. The quantitative estimate of drug-likeness (QED) is 0.890. The van der Waals surface area contributed by atoms with E-state index in [1.807, 2.05) is 19.1 Å². The molecule has 0 bridgehead atoms. The fraction of sp³-hybridized carbons (Fsp3) is 0.417. The van der Waals surface area contributed by atoms with Crippen LogP contribution in [0.25, 0.3) is 11.1 Å². The van der Waals surface area contributed by atoms with Crippen LogP contribution in [0.5, 0.6) is 0 Å². The van der Waals surface area contributed by atoms with Gasteiger partial charge in [0.15, 0.2) is 11.5 Å². The van der Waals surface area contributed by atoms with Gasteiger partial charge in [0.2, 0.25) is 0 Å². The molecule has 1 unspecified atom stereocenters. The zero-order valence-corrected chi connectivity index (χ0v) is 10.00.